The number of carbonyl (C=O) groups excluding carboxylic acids is 1. The molecule has 2 aromatic carbocycles. The van der Waals surface area contributed by atoms with Crippen molar-refractivity contribution in [3.63, 3.8) is 0 Å². The van der Waals surface area contributed by atoms with E-state index in [1.807, 2.05) is 35.0 Å². The van der Waals surface area contributed by atoms with Crippen LogP contribution in [-0.4, -0.2) is 25.7 Å². The van der Waals surface area contributed by atoms with E-state index in [2.05, 4.69) is 15.2 Å². The number of para-hydroxylation sites is 1. The van der Waals surface area contributed by atoms with Gasteiger partial charge in [0.2, 0.25) is 0 Å². The first-order valence-corrected chi connectivity index (χ1v) is 9.95. The molecule has 5 rings (SSSR count). The number of halogens is 3. The maximum atomic E-state index is 14.0. The molecule has 2 aromatic heterocycles. The molecule has 0 atom stereocenters. The molecule has 1 amide bonds. The summed E-state index contributed by atoms with van der Waals surface area (Å²) in [5, 5.41) is 6.55. The van der Waals surface area contributed by atoms with Gasteiger partial charge in [0.05, 0.1) is 17.7 Å². The first kappa shape index (κ1) is 20.0. The van der Waals surface area contributed by atoms with Gasteiger partial charge < -0.3 is 9.47 Å². The molecule has 6 nitrogen and oxygen atoms in total. The largest absolute Gasteiger partial charge is 0.417 e. The lowest BCUT2D eigenvalue weighted by atomic mass is 10.0. The van der Waals surface area contributed by atoms with Crippen LogP contribution in [0.1, 0.15) is 33.0 Å². The normalized spacial score (nSPS) is 13.4. The van der Waals surface area contributed by atoms with Crippen LogP contribution in [-0.2, 0) is 19.3 Å². The average molecular weight is 437 g/mol. The minimum atomic E-state index is -4.72. The molecule has 1 aliphatic rings. The molecular weight excluding hydrogens is 419 g/mol. The number of benzene rings is 2. The number of H-pyrrole nitrogens is 1. The second kappa shape index (κ2) is 7.37. The fraction of sp³-hybridized carbons (Fsp3) is 0.174. The van der Waals surface area contributed by atoms with Crippen LogP contribution in [0.2, 0.25) is 0 Å². The Labute approximate surface area is 181 Å². The second-order valence-corrected chi connectivity index (χ2v) is 7.65. The smallest absolute Gasteiger partial charge is 0.345 e. The average Bonchev–Trinajstić information content (AvgIpc) is 3.36. The second-order valence-electron chi connectivity index (χ2n) is 7.65. The monoisotopic (exact) mass is 437 g/mol. The quantitative estimate of drug-likeness (QED) is 0.490. The number of aromatic amines is 1. The van der Waals surface area contributed by atoms with Crippen LogP contribution in [0.3, 0.4) is 0 Å². The highest BCUT2D eigenvalue weighted by Crippen LogP contribution is 2.37. The number of hydrogen-bond acceptors (Lipinski definition) is 3. The van der Waals surface area contributed by atoms with E-state index in [9.17, 15) is 18.0 Å². The third-order valence-corrected chi connectivity index (χ3v) is 5.52. The molecule has 0 bridgehead atoms. The highest BCUT2D eigenvalue weighted by atomic mass is 19.4. The molecule has 1 aliphatic heterocycles. The Morgan fingerprint density at radius 2 is 1.88 bits per heavy atom. The number of amides is 1. The van der Waals surface area contributed by atoms with Gasteiger partial charge >= 0.3 is 6.18 Å². The van der Waals surface area contributed by atoms with Crippen LogP contribution in [0.15, 0.2) is 60.8 Å². The van der Waals surface area contributed by atoms with Gasteiger partial charge in [-0.25, -0.2) is 4.98 Å². The lowest BCUT2D eigenvalue weighted by Crippen LogP contribution is -2.32. The Morgan fingerprint density at radius 1 is 1.06 bits per heavy atom. The number of carbonyl (C=O) groups is 1. The van der Waals surface area contributed by atoms with Crippen LogP contribution in [0.4, 0.5) is 18.9 Å². The van der Waals surface area contributed by atoms with Gasteiger partial charge in [-0.2, -0.15) is 18.3 Å². The van der Waals surface area contributed by atoms with Gasteiger partial charge in [0, 0.05) is 29.7 Å². The SMILES string of the molecule is Cc1nc(-c2ccc(C(=O)N3Cc4cccn4Cc4ccccc43)c(C(F)(F)F)c2)n[nH]1. The van der Waals surface area contributed by atoms with Gasteiger partial charge in [-0.3, -0.25) is 9.89 Å². The van der Waals surface area contributed by atoms with Crippen molar-refractivity contribution in [2.24, 2.45) is 0 Å². The van der Waals surface area contributed by atoms with Crippen LogP contribution >= 0.6 is 0 Å². The summed E-state index contributed by atoms with van der Waals surface area (Å²) >= 11 is 0. The van der Waals surface area contributed by atoms with Gasteiger partial charge in [-0.1, -0.05) is 24.3 Å². The van der Waals surface area contributed by atoms with Crippen molar-refractivity contribution in [2.75, 3.05) is 4.90 Å². The van der Waals surface area contributed by atoms with Crippen LogP contribution < -0.4 is 4.90 Å². The number of nitrogens with one attached hydrogen (secondary N) is 1. The predicted octanol–water partition coefficient (Wildman–Crippen LogP) is 4.81. The summed E-state index contributed by atoms with van der Waals surface area (Å²) in [7, 11) is 0. The van der Waals surface area contributed by atoms with Gasteiger partial charge in [0.15, 0.2) is 5.82 Å². The zero-order valence-corrected chi connectivity index (χ0v) is 17.0. The fourth-order valence-corrected chi connectivity index (χ4v) is 3.99. The highest BCUT2D eigenvalue weighted by molar-refractivity contribution is 6.07. The van der Waals surface area contributed by atoms with Crippen molar-refractivity contribution in [2.45, 2.75) is 26.2 Å². The van der Waals surface area contributed by atoms with E-state index in [1.165, 1.54) is 17.0 Å². The molecule has 32 heavy (non-hydrogen) atoms. The number of anilines is 1. The minimum Gasteiger partial charge on any atom is -0.345 e. The van der Waals surface area contributed by atoms with E-state index >= 15 is 0 Å². The molecule has 4 aromatic rings. The van der Waals surface area contributed by atoms with Crippen molar-refractivity contribution in [3.05, 3.63) is 89.0 Å². The van der Waals surface area contributed by atoms with Crippen molar-refractivity contribution < 1.29 is 18.0 Å². The van der Waals surface area contributed by atoms with E-state index in [0.29, 0.717) is 18.1 Å². The Bertz CT molecular complexity index is 1320. The third kappa shape index (κ3) is 3.45. The van der Waals surface area contributed by atoms with Gasteiger partial charge in [0.25, 0.3) is 5.91 Å². The van der Waals surface area contributed by atoms with Crippen molar-refractivity contribution in [1.82, 2.24) is 19.7 Å². The molecule has 0 fully saturated rings. The summed E-state index contributed by atoms with van der Waals surface area (Å²) in [6.45, 7) is 2.37. The van der Waals surface area contributed by atoms with E-state index in [1.54, 1.807) is 19.1 Å². The van der Waals surface area contributed by atoms with Crippen LogP contribution in [0, 0.1) is 6.92 Å². The number of aromatic nitrogens is 4. The maximum Gasteiger partial charge on any atom is 0.417 e. The number of alkyl halides is 3. The van der Waals surface area contributed by atoms with Crippen molar-refractivity contribution in [3.8, 4) is 11.4 Å². The number of hydrogen-bond donors (Lipinski definition) is 1. The summed E-state index contributed by atoms with van der Waals surface area (Å²) in [5.41, 5.74) is 1.06. The van der Waals surface area contributed by atoms with E-state index in [4.69, 9.17) is 0 Å². The lowest BCUT2D eigenvalue weighted by Gasteiger charge is -2.24. The molecule has 1 N–H and O–H groups in total. The molecule has 0 unspecified atom stereocenters. The lowest BCUT2D eigenvalue weighted by molar-refractivity contribution is -0.137. The first-order valence-electron chi connectivity index (χ1n) is 9.95. The summed E-state index contributed by atoms with van der Waals surface area (Å²) < 4.78 is 44.0. The fourth-order valence-electron chi connectivity index (χ4n) is 3.99. The number of aryl methyl sites for hydroxylation is 1. The summed E-state index contributed by atoms with van der Waals surface area (Å²) in [4.78, 5) is 19.1. The molecule has 0 saturated carbocycles. The molecule has 0 spiro atoms. The van der Waals surface area contributed by atoms with Gasteiger partial charge in [-0.15, -0.1) is 0 Å². The minimum absolute atomic E-state index is 0.143. The standard InChI is InChI=1S/C23H18F3N5O/c1-14-27-21(29-28-14)15-8-9-18(19(11-15)23(24,25)26)22(32)31-13-17-6-4-10-30(17)12-16-5-2-3-7-20(16)31/h2-11H,12-13H2,1H3,(H,27,28,29). The van der Waals surface area contributed by atoms with E-state index in [-0.39, 0.29) is 17.9 Å². The Morgan fingerprint density at radius 3 is 2.62 bits per heavy atom. The zero-order valence-electron chi connectivity index (χ0n) is 17.0. The molecule has 0 radical (unpaired) electrons. The number of nitrogens with zero attached hydrogens (tertiary/aromatic N) is 4. The highest BCUT2D eigenvalue weighted by Gasteiger charge is 2.38. The third-order valence-electron chi connectivity index (χ3n) is 5.52. The molecule has 162 valence electrons. The van der Waals surface area contributed by atoms with Crippen LogP contribution in [0.25, 0.3) is 11.4 Å². The molecular formula is C23H18F3N5O. The number of fused-ring (bicyclic) bond motifs is 2. The van der Waals surface area contributed by atoms with E-state index < -0.39 is 23.2 Å². The number of rotatable bonds is 2. The molecule has 3 heterocycles. The van der Waals surface area contributed by atoms with Gasteiger partial charge in [0.1, 0.15) is 5.82 Å². The van der Waals surface area contributed by atoms with Gasteiger partial charge in [-0.05, 0) is 42.8 Å². The van der Waals surface area contributed by atoms with Crippen molar-refractivity contribution >= 4 is 11.6 Å². The Kier molecular flexibility index (Phi) is 4.61. The topological polar surface area (TPSA) is 66.8 Å². The Hall–Kier alpha value is -3.88. The Balaban J connectivity index is 1.62. The summed E-state index contributed by atoms with van der Waals surface area (Å²) in [6, 6.07) is 14.6. The molecule has 0 saturated heterocycles. The molecule has 9 heteroatoms. The zero-order chi connectivity index (χ0) is 22.5. The van der Waals surface area contributed by atoms with Crippen LogP contribution in [0.5, 0.6) is 0 Å². The predicted molar refractivity (Wildman–Crippen MR) is 112 cm³/mol. The maximum absolute atomic E-state index is 14.0. The van der Waals surface area contributed by atoms with E-state index in [0.717, 1.165) is 17.3 Å². The molecule has 0 aliphatic carbocycles. The first-order chi connectivity index (χ1) is 15.3. The summed E-state index contributed by atoms with van der Waals surface area (Å²) in [5.74, 6) is -0.0834. The van der Waals surface area contributed by atoms with Crippen molar-refractivity contribution in [1.29, 1.82) is 0 Å². The summed E-state index contributed by atoms with van der Waals surface area (Å²) in [6.07, 6.45) is -2.83.